The van der Waals surface area contributed by atoms with E-state index < -0.39 is 0 Å². The Bertz CT molecular complexity index is 293. The largest absolute Gasteiger partial charge is 0.303 e. The molecule has 14 heavy (non-hydrogen) atoms. The predicted molar refractivity (Wildman–Crippen MR) is 58.0 cm³/mol. The highest BCUT2D eigenvalue weighted by Crippen LogP contribution is 2.15. The van der Waals surface area contributed by atoms with Crippen molar-refractivity contribution in [2.75, 3.05) is 13.2 Å². The smallest absolute Gasteiger partial charge is 0.126 e. The number of hydrogen-bond donors (Lipinski definition) is 3. The summed E-state index contributed by atoms with van der Waals surface area (Å²) in [6, 6.07) is 4.93. The molecular formula is C9H13BrFN3. The van der Waals surface area contributed by atoms with E-state index in [0.29, 0.717) is 25.2 Å². The van der Waals surface area contributed by atoms with Gasteiger partial charge in [0.2, 0.25) is 0 Å². The van der Waals surface area contributed by atoms with E-state index in [0.717, 1.165) is 4.47 Å². The summed E-state index contributed by atoms with van der Waals surface area (Å²) in [5.74, 6) is 4.90. The van der Waals surface area contributed by atoms with E-state index in [4.69, 9.17) is 5.84 Å². The van der Waals surface area contributed by atoms with Gasteiger partial charge in [-0.3, -0.25) is 5.84 Å². The molecule has 1 aromatic carbocycles. The van der Waals surface area contributed by atoms with Crippen LogP contribution in [-0.4, -0.2) is 13.2 Å². The Balaban J connectivity index is 2.45. The molecule has 78 valence electrons. The molecule has 0 bridgehead atoms. The number of halogens is 2. The van der Waals surface area contributed by atoms with Crippen LogP contribution < -0.4 is 16.6 Å². The minimum atomic E-state index is -0.171. The first-order chi connectivity index (χ1) is 6.74. The maximum Gasteiger partial charge on any atom is 0.126 e. The third-order valence-corrected chi connectivity index (χ3v) is 2.30. The fraction of sp³-hybridized carbons (Fsp3) is 0.333. The van der Waals surface area contributed by atoms with Gasteiger partial charge < -0.3 is 5.32 Å². The highest BCUT2D eigenvalue weighted by Gasteiger charge is 2.01. The Labute approximate surface area is 91.0 Å². The molecule has 0 aliphatic rings. The SMILES string of the molecule is NNCNCCc1cc(Br)ccc1F. The minimum Gasteiger partial charge on any atom is -0.303 e. The molecule has 0 unspecified atom stereocenters. The summed E-state index contributed by atoms with van der Waals surface area (Å²) in [7, 11) is 0. The van der Waals surface area contributed by atoms with Crippen molar-refractivity contribution in [3.05, 3.63) is 34.1 Å². The molecule has 1 aromatic rings. The molecular weight excluding hydrogens is 249 g/mol. The minimum absolute atomic E-state index is 0.171. The van der Waals surface area contributed by atoms with Crippen LogP contribution in [0.4, 0.5) is 4.39 Å². The van der Waals surface area contributed by atoms with Crippen LogP contribution >= 0.6 is 15.9 Å². The summed E-state index contributed by atoms with van der Waals surface area (Å²) in [4.78, 5) is 0. The molecule has 1 rings (SSSR count). The van der Waals surface area contributed by atoms with E-state index in [9.17, 15) is 4.39 Å². The van der Waals surface area contributed by atoms with E-state index in [2.05, 4.69) is 26.7 Å². The molecule has 0 aliphatic heterocycles. The van der Waals surface area contributed by atoms with Gasteiger partial charge in [0.15, 0.2) is 0 Å². The van der Waals surface area contributed by atoms with Crippen LogP contribution in [0.2, 0.25) is 0 Å². The Morgan fingerprint density at radius 2 is 2.21 bits per heavy atom. The number of nitrogens with one attached hydrogen (secondary N) is 2. The fourth-order valence-electron chi connectivity index (χ4n) is 1.12. The van der Waals surface area contributed by atoms with E-state index in [-0.39, 0.29) is 5.82 Å². The van der Waals surface area contributed by atoms with Crippen molar-refractivity contribution in [2.24, 2.45) is 5.84 Å². The average molecular weight is 262 g/mol. The third-order valence-electron chi connectivity index (χ3n) is 1.81. The summed E-state index contributed by atoms with van der Waals surface area (Å²) >= 11 is 3.30. The quantitative estimate of drug-likeness (QED) is 0.323. The maximum absolute atomic E-state index is 13.2. The van der Waals surface area contributed by atoms with Crippen molar-refractivity contribution in [1.29, 1.82) is 0 Å². The third kappa shape index (κ3) is 3.71. The normalized spacial score (nSPS) is 10.5. The van der Waals surface area contributed by atoms with Crippen molar-refractivity contribution in [3.63, 3.8) is 0 Å². The second-order valence-electron chi connectivity index (χ2n) is 2.87. The highest BCUT2D eigenvalue weighted by atomic mass is 79.9. The highest BCUT2D eigenvalue weighted by molar-refractivity contribution is 9.10. The zero-order valence-electron chi connectivity index (χ0n) is 7.69. The zero-order chi connectivity index (χ0) is 10.4. The van der Waals surface area contributed by atoms with Gasteiger partial charge in [-0.25, -0.2) is 9.82 Å². The Hall–Kier alpha value is -0.490. The molecule has 0 spiro atoms. The number of hydrogen-bond acceptors (Lipinski definition) is 3. The molecule has 0 fully saturated rings. The van der Waals surface area contributed by atoms with E-state index >= 15 is 0 Å². The lowest BCUT2D eigenvalue weighted by Gasteiger charge is -2.05. The Morgan fingerprint density at radius 3 is 2.93 bits per heavy atom. The number of nitrogens with two attached hydrogens (primary N) is 1. The van der Waals surface area contributed by atoms with Crippen molar-refractivity contribution < 1.29 is 4.39 Å². The second kappa shape index (κ2) is 6.08. The van der Waals surface area contributed by atoms with Gasteiger partial charge in [-0.1, -0.05) is 15.9 Å². The van der Waals surface area contributed by atoms with Crippen LogP contribution in [0.25, 0.3) is 0 Å². The summed E-state index contributed by atoms with van der Waals surface area (Å²) in [6.45, 7) is 1.22. The molecule has 3 nitrogen and oxygen atoms in total. The molecule has 0 saturated heterocycles. The van der Waals surface area contributed by atoms with Gasteiger partial charge in [-0.05, 0) is 30.2 Å². The first-order valence-electron chi connectivity index (χ1n) is 4.32. The fourth-order valence-corrected chi connectivity index (χ4v) is 1.53. The van der Waals surface area contributed by atoms with E-state index in [1.165, 1.54) is 6.07 Å². The Kier molecular flexibility index (Phi) is 5.03. The standard InChI is InChI=1S/C9H13BrFN3/c10-8-1-2-9(11)7(5-8)3-4-13-6-14-12/h1-2,5,13-14H,3-4,6,12H2. The van der Waals surface area contributed by atoms with Crippen LogP contribution in [0.1, 0.15) is 5.56 Å². The first kappa shape index (κ1) is 11.6. The molecule has 0 amide bonds. The molecule has 4 N–H and O–H groups in total. The topological polar surface area (TPSA) is 50.1 Å². The lowest BCUT2D eigenvalue weighted by atomic mass is 10.1. The van der Waals surface area contributed by atoms with Gasteiger partial charge in [0.25, 0.3) is 0 Å². The first-order valence-corrected chi connectivity index (χ1v) is 5.11. The van der Waals surface area contributed by atoms with Gasteiger partial charge in [0, 0.05) is 11.0 Å². The number of rotatable bonds is 5. The molecule has 0 saturated carbocycles. The molecule has 0 aliphatic carbocycles. The monoisotopic (exact) mass is 261 g/mol. The average Bonchev–Trinajstić information content (AvgIpc) is 2.18. The van der Waals surface area contributed by atoms with E-state index in [1.54, 1.807) is 12.1 Å². The maximum atomic E-state index is 13.2. The number of hydrazine groups is 1. The summed E-state index contributed by atoms with van der Waals surface area (Å²) in [6.07, 6.45) is 0.646. The van der Waals surface area contributed by atoms with Crippen LogP contribution in [-0.2, 0) is 6.42 Å². The summed E-state index contributed by atoms with van der Waals surface area (Å²) in [5, 5.41) is 3.01. The van der Waals surface area contributed by atoms with Gasteiger partial charge in [-0.2, -0.15) is 0 Å². The van der Waals surface area contributed by atoms with Crippen molar-refractivity contribution in [3.8, 4) is 0 Å². The van der Waals surface area contributed by atoms with Crippen LogP contribution in [0.15, 0.2) is 22.7 Å². The predicted octanol–water partition coefficient (Wildman–Crippen LogP) is 1.14. The van der Waals surface area contributed by atoms with E-state index in [1.807, 2.05) is 0 Å². The molecule has 0 aromatic heterocycles. The molecule has 0 heterocycles. The van der Waals surface area contributed by atoms with Crippen LogP contribution in [0.3, 0.4) is 0 Å². The molecule has 0 radical (unpaired) electrons. The summed E-state index contributed by atoms with van der Waals surface area (Å²) < 4.78 is 14.1. The molecule has 5 heteroatoms. The summed E-state index contributed by atoms with van der Waals surface area (Å²) in [5.41, 5.74) is 3.16. The lowest BCUT2D eigenvalue weighted by molar-refractivity contribution is 0.577. The zero-order valence-corrected chi connectivity index (χ0v) is 9.27. The van der Waals surface area contributed by atoms with Gasteiger partial charge in [0.1, 0.15) is 5.82 Å². The van der Waals surface area contributed by atoms with Gasteiger partial charge in [-0.15, -0.1) is 0 Å². The number of benzene rings is 1. The molecule has 0 atom stereocenters. The second-order valence-corrected chi connectivity index (χ2v) is 3.78. The van der Waals surface area contributed by atoms with Gasteiger partial charge in [0.05, 0.1) is 6.67 Å². The van der Waals surface area contributed by atoms with Crippen LogP contribution in [0, 0.1) is 5.82 Å². The van der Waals surface area contributed by atoms with Gasteiger partial charge >= 0.3 is 0 Å². The van der Waals surface area contributed by atoms with Crippen molar-refractivity contribution in [1.82, 2.24) is 10.7 Å². The van der Waals surface area contributed by atoms with Crippen molar-refractivity contribution >= 4 is 15.9 Å². The lowest BCUT2D eigenvalue weighted by Crippen LogP contribution is -2.34. The Morgan fingerprint density at radius 1 is 1.43 bits per heavy atom. The van der Waals surface area contributed by atoms with Crippen molar-refractivity contribution in [2.45, 2.75) is 6.42 Å². The van der Waals surface area contributed by atoms with Crippen LogP contribution in [0.5, 0.6) is 0 Å².